The van der Waals surface area contributed by atoms with Gasteiger partial charge >= 0.3 is 0 Å². The van der Waals surface area contributed by atoms with Crippen LogP contribution in [0.4, 0.5) is 0 Å². The maximum absolute atomic E-state index is 3.30. The molecule has 0 aromatic carbocycles. The summed E-state index contributed by atoms with van der Waals surface area (Å²) in [7, 11) is 0.202. The number of hydrogen-bond donors (Lipinski definition) is 1. The highest BCUT2D eigenvalue weighted by molar-refractivity contribution is 7.60. The smallest absolute Gasteiger partial charge is 0.0141 e. The first-order valence-electron chi connectivity index (χ1n) is 3.38. The predicted octanol–water partition coefficient (Wildman–Crippen LogP) is 1.61. The van der Waals surface area contributed by atoms with Gasteiger partial charge in [-0.2, -0.15) is 0 Å². The van der Waals surface area contributed by atoms with Crippen molar-refractivity contribution < 1.29 is 0 Å². The van der Waals surface area contributed by atoms with E-state index in [1.807, 2.05) is 0 Å². The molecule has 0 unspecified atom stereocenters. The Kier molecular flexibility index (Phi) is 2.68. The average molecular weight is 143 g/mol. The molecule has 0 radical (unpaired) electrons. The SMILES string of the molecule is CP(C)C1=CCNCC1. The van der Waals surface area contributed by atoms with Gasteiger partial charge in [0.25, 0.3) is 0 Å². The van der Waals surface area contributed by atoms with Crippen LogP contribution in [0, 0.1) is 0 Å². The van der Waals surface area contributed by atoms with Crippen LogP contribution in [-0.2, 0) is 0 Å². The van der Waals surface area contributed by atoms with Crippen molar-refractivity contribution in [3.05, 3.63) is 11.4 Å². The fourth-order valence-corrected chi connectivity index (χ4v) is 2.03. The highest BCUT2D eigenvalue weighted by Gasteiger charge is 2.04. The van der Waals surface area contributed by atoms with Crippen molar-refractivity contribution in [1.29, 1.82) is 0 Å². The summed E-state index contributed by atoms with van der Waals surface area (Å²) < 4.78 is 0. The quantitative estimate of drug-likeness (QED) is 0.550. The fourth-order valence-electron chi connectivity index (χ4n) is 1.02. The Bertz CT molecular complexity index is 118. The Morgan fingerprint density at radius 2 is 2.33 bits per heavy atom. The van der Waals surface area contributed by atoms with Crippen LogP contribution in [0.15, 0.2) is 11.4 Å². The van der Waals surface area contributed by atoms with E-state index in [9.17, 15) is 0 Å². The molecule has 2 heteroatoms. The van der Waals surface area contributed by atoms with Gasteiger partial charge in [-0.15, -0.1) is 0 Å². The predicted molar refractivity (Wildman–Crippen MR) is 44.3 cm³/mol. The normalized spacial score (nSPS) is 20.1. The van der Waals surface area contributed by atoms with E-state index in [0.717, 1.165) is 6.54 Å². The van der Waals surface area contributed by atoms with Crippen molar-refractivity contribution in [2.45, 2.75) is 6.42 Å². The summed E-state index contributed by atoms with van der Waals surface area (Å²) in [6.07, 6.45) is 3.62. The van der Waals surface area contributed by atoms with Crippen LogP contribution >= 0.6 is 7.92 Å². The van der Waals surface area contributed by atoms with E-state index < -0.39 is 0 Å². The fraction of sp³-hybridized carbons (Fsp3) is 0.714. The van der Waals surface area contributed by atoms with E-state index in [4.69, 9.17) is 0 Å². The maximum Gasteiger partial charge on any atom is 0.0141 e. The molecule has 0 saturated heterocycles. The molecule has 1 rings (SSSR count). The number of nitrogens with one attached hydrogen (secondary N) is 1. The lowest BCUT2D eigenvalue weighted by Crippen LogP contribution is -2.19. The topological polar surface area (TPSA) is 12.0 Å². The molecule has 1 heterocycles. The van der Waals surface area contributed by atoms with Crippen molar-refractivity contribution in [3.8, 4) is 0 Å². The lowest BCUT2D eigenvalue weighted by Gasteiger charge is -2.16. The van der Waals surface area contributed by atoms with Gasteiger partial charge in [-0.1, -0.05) is 14.0 Å². The molecule has 52 valence electrons. The van der Waals surface area contributed by atoms with Crippen molar-refractivity contribution >= 4 is 7.92 Å². The Hall–Kier alpha value is 0.130. The molecule has 0 aromatic heterocycles. The van der Waals surface area contributed by atoms with Crippen LogP contribution in [0.1, 0.15) is 6.42 Å². The molecule has 1 N–H and O–H groups in total. The van der Waals surface area contributed by atoms with Crippen LogP contribution in [0.2, 0.25) is 0 Å². The third-order valence-electron chi connectivity index (χ3n) is 1.61. The van der Waals surface area contributed by atoms with Gasteiger partial charge in [0.2, 0.25) is 0 Å². The lowest BCUT2D eigenvalue weighted by atomic mass is 10.3. The van der Waals surface area contributed by atoms with Gasteiger partial charge < -0.3 is 5.32 Å². The van der Waals surface area contributed by atoms with E-state index >= 15 is 0 Å². The summed E-state index contributed by atoms with van der Waals surface area (Å²) in [5, 5.41) is 4.99. The molecule has 1 aliphatic heterocycles. The molecule has 0 saturated carbocycles. The Morgan fingerprint density at radius 3 is 2.67 bits per heavy atom. The highest BCUT2D eigenvalue weighted by Crippen LogP contribution is 2.38. The third-order valence-corrected chi connectivity index (χ3v) is 3.17. The summed E-state index contributed by atoms with van der Waals surface area (Å²) in [6, 6.07) is 0. The first-order chi connectivity index (χ1) is 4.30. The van der Waals surface area contributed by atoms with Gasteiger partial charge in [-0.05, 0) is 31.6 Å². The van der Waals surface area contributed by atoms with Crippen molar-refractivity contribution in [1.82, 2.24) is 5.32 Å². The average Bonchev–Trinajstić information content (AvgIpc) is 1.90. The monoisotopic (exact) mass is 143 g/mol. The number of hydrogen-bond acceptors (Lipinski definition) is 1. The Morgan fingerprint density at radius 1 is 1.56 bits per heavy atom. The third kappa shape index (κ3) is 2.08. The van der Waals surface area contributed by atoms with Gasteiger partial charge in [0.1, 0.15) is 0 Å². The molecule has 0 fully saturated rings. The second-order valence-electron chi connectivity index (χ2n) is 2.54. The van der Waals surface area contributed by atoms with E-state index in [1.165, 1.54) is 13.0 Å². The molecule has 0 bridgehead atoms. The molecule has 9 heavy (non-hydrogen) atoms. The standard InChI is InChI=1S/C7H14NP/c1-9(2)7-3-5-8-6-4-7/h3,8H,4-6H2,1-2H3. The minimum Gasteiger partial charge on any atom is -0.313 e. The van der Waals surface area contributed by atoms with Crippen LogP contribution in [0.25, 0.3) is 0 Å². The van der Waals surface area contributed by atoms with Crippen molar-refractivity contribution in [2.24, 2.45) is 0 Å². The van der Waals surface area contributed by atoms with Crippen LogP contribution in [0.3, 0.4) is 0 Å². The molecule has 0 amide bonds. The molecular weight excluding hydrogens is 129 g/mol. The zero-order chi connectivity index (χ0) is 6.69. The molecule has 0 aliphatic carbocycles. The number of rotatable bonds is 1. The van der Waals surface area contributed by atoms with Gasteiger partial charge in [0.15, 0.2) is 0 Å². The van der Waals surface area contributed by atoms with Crippen LogP contribution in [-0.4, -0.2) is 26.4 Å². The second kappa shape index (κ2) is 3.34. The Balaban J connectivity index is 2.46. The minimum absolute atomic E-state index is 0.202. The van der Waals surface area contributed by atoms with Gasteiger partial charge in [-0.25, -0.2) is 0 Å². The van der Waals surface area contributed by atoms with E-state index in [-0.39, 0.29) is 7.92 Å². The van der Waals surface area contributed by atoms with Gasteiger partial charge in [-0.3, -0.25) is 0 Å². The van der Waals surface area contributed by atoms with Crippen molar-refractivity contribution in [3.63, 3.8) is 0 Å². The minimum atomic E-state index is 0.202. The van der Waals surface area contributed by atoms with Crippen molar-refractivity contribution in [2.75, 3.05) is 26.4 Å². The summed E-state index contributed by atoms with van der Waals surface area (Å²) in [4.78, 5) is 0. The highest BCUT2D eigenvalue weighted by atomic mass is 31.1. The Labute approximate surface area is 58.3 Å². The van der Waals surface area contributed by atoms with Crippen LogP contribution in [0.5, 0.6) is 0 Å². The summed E-state index contributed by atoms with van der Waals surface area (Å²) in [6.45, 7) is 6.93. The molecule has 1 aliphatic rings. The van der Waals surface area contributed by atoms with E-state index in [0.29, 0.717) is 0 Å². The molecule has 0 aromatic rings. The maximum atomic E-state index is 3.30. The summed E-state index contributed by atoms with van der Waals surface area (Å²) >= 11 is 0. The van der Waals surface area contributed by atoms with Crippen LogP contribution < -0.4 is 5.32 Å². The molecular formula is C7H14NP. The van der Waals surface area contributed by atoms with Gasteiger partial charge in [0.05, 0.1) is 0 Å². The summed E-state index contributed by atoms with van der Waals surface area (Å²) in [5.41, 5.74) is 0. The largest absolute Gasteiger partial charge is 0.313 e. The van der Waals surface area contributed by atoms with E-state index in [1.54, 1.807) is 5.31 Å². The zero-order valence-corrected chi connectivity index (χ0v) is 7.04. The molecule has 0 spiro atoms. The van der Waals surface area contributed by atoms with Gasteiger partial charge in [0, 0.05) is 6.54 Å². The molecule has 0 atom stereocenters. The second-order valence-corrected chi connectivity index (χ2v) is 4.91. The lowest BCUT2D eigenvalue weighted by molar-refractivity contribution is 0.721. The first kappa shape index (κ1) is 7.24. The molecule has 1 nitrogen and oxygen atoms in total. The van der Waals surface area contributed by atoms with E-state index in [2.05, 4.69) is 24.7 Å². The first-order valence-corrected chi connectivity index (χ1v) is 5.61. The summed E-state index contributed by atoms with van der Waals surface area (Å²) in [5.74, 6) is 0. The zero-order valence-electron chi connectivity index (χ0n) is 6.15.